The lowest BCUT2D eigenvalue weighted by Crippen LogP contribution is -1.99. The molecule has 0 aliphatic rings. The monoisotopic (exact) mass is 403 g/mol. The second-order valence-corrected chi connectivity index (χ2v) is 6.92. The number of hydrogen-bond acceptors (Lipinski definition) is 3. The van der Waals surface area contributed by atoms with Crippen molar-refractivity contribution in [1.82, 2.24) is 0 Å². The van der Waals surface area contributed by atoms with E-state index < -0.39 is 5.97 Å². The van der Waals surface area contributed by atoms with Gasteiger partial charge < -0.3 is 9.84 Å². The summed E-state index contributed by atoms with van der Waals surface area (Å²) in [6.07, 6.45) is 1.78. The van der Waals surface area contributed by atoms with Crippen molar-refractivity contribution in [2.75, 3.05) is 0 Å². The van der Waals surface area contributed by atoms with Gasteiger partial charge in [-0.2, -0.15) is 5.26 Å². The molecule has 0 bridgehead atoms. The molecule has 3 aromatic carbocycles. The highest BCUT2D eigenvalue weighted by Gasteiger charge is 2.07. The maximum atomic E-state index is 10.9. The molecule has 0 unspecified atom stereocenters. The van der Waals surface area contributed by atoms with Gasteiger partial charge in [0.25, 0.3) is 0 Å². The molecular formula is C24H18ClNO3. The van der Waals surface area contributed by atoms with Crippen molar-refractivity contribution in [1.29, 1.82) is 5.26 Å². The van der Waals surface area contributed by atoms with E-state index in [0.717, 1.165) is 22.3 Å². The third-order valence-electron chi connectivity index (χ3n) is 4.35. The molecule has 0 heterocycles. The van der Waals surface area contributed by atoms with Crippen molar-refractivity contribution in [3.63, 3.8) is 0 Å². The number of halogens is 1. The van der Waals surface area contributed by atoms with E-state index >= 15 is 0 Å². The molecule has 1 N–H and O–H groups in total. The minimum atomic E-state index is -0.966. The first-order valence-electron chi connectivity index (χ1n) is 8.89. The van der Waals surface area contributed by atoms with Crippen LogP contribution in [0.3, 0.4) is 0 Å². The smallest absolute Gasteiger partial charge is 0.335 e. The number of allylic oxidation sites excluding steroid dienone is 1. The van der Waals surface area contributed by atoms with Crippen molar-refractivity contribution < 1.29 is 14.6 Å². The molecule has 0 atom stereocenters. The first-order chi connectivity index (χ1) is 14.0. The Morgan fingerprint density at radius 3 is 2.31 bits per heavy atom. The molecule has 3 aromatic rings. The Morgan fingerprint density at radius 1 is 1.07 bits per heavy atom. The number of hydrogen-bond donors (Lipinski definition) is 1. The lowest BCUT2D eigenvalue weighted by atomic mass is 10.0. The van der Waals surface area contributed by atoms with Crippen LogP contribution in [0.2, 0.25) is 5.02 Å². The largest absolute Gasteiger partial charge is 0.487 e. The number of carboxylic acid groups (broad SMARTS) is 1. The van der Waals surface area contributed by atoms with Crippen LogP contribution in [0.25, 0.3) is 11.6 Å². The van der Waals surface area contributed by atoms with Gasteiger partial charge in [0, 0.05) is 0 Å². The summed E-state index contributed by atoms with van der Waals surface area (Å²) in [5, 5.41) is 18.9. The molecule has 0 fully saturated rings. The normalized spacial score (nSPS) is 11.0. The molecule has 144 valence electrons. The molecule has 0 aliphatic heterocycles. The van der Waals surface area contributed by atoms with Crippen LogP contribution in [0.5, 0.6) is 5.75 Å². The number of carboxylic acids is 1. The standard InChI is InChI=1S/C24H18ClNO3/c1-16-2-7-19(8-3-16)21(14-26)12-18-6-11-23(22(25)13-18)29-15-17-4-9-20(10-5-17)24(27)28/h2-13H,15H2,1H3,(H,27,28)/b21-12+. The van der Waals surface area contributed by atoms with E-state index in [9.17, 15) is 10.1 Å². The van der Waals surface area contributed by atoms with E-state index in [1.54, 1.807) is 30.3 Å². The van der Waals surface area contributed by atoms with Crippen molar-refractivity contribution in [3.8, 4) is 11.8 Å². The average molecular weight is 404 g/mol. The van der Waals surface area contributed by atoms with Crippen LogP contribution in [0.1, 0.15) is 32.6 Å². The summed E-state index contributed by atoms with van der Waals surface area (Å²) in [5.41, 5.74) is 4.39. The third kappa shape index (κ3) is 5.25. The van der Waals surface area contributed by atoms with Gasteiger partial charge in [-0.15, -0.1) is 0 Å². The minimum Gasteiger partial charge on any atom is -0.487 e. The van der Waals surface area contributed by atoms with Crippen molar-refractivity contribution >= 4 is 29.2 Å². The summed E-state index contributed by atoms with van der Waals surface area (Å²) in [6, 6.07) is 21.8. The topological polar surface area (TPSA) is 70.3 Å². The van der Waals surface area contributed by atoms with E-state index in [1.165, 1.54) is 12.1 Å². The molecule has 29 heavy (non-hydrogen) atoms. The third-order valence-corrected chi connectivity index (χ3v) is 4.64. The molecule has 0 saturated heterocycles. The summed E-state index contributed by atoms with van der Waals surface area (Å²) in [7, 11) is 0. The van der Waals surface area contributed by atoms with Gasteiger partial charge in [0.1, 0.15) is 12.4 Å². The van der Waals surface area contributed by atoms with E-state index in [-0.39, 0.29) is 12.2 Å². The van der Waals surface area contributed by atoms with Gasteiger partial charge in [0.15, 0.2) is 0 Å². The fourth-order valence-electron chi connectivity index (χ4n) is 2.71. The SMILES string of the molecule is Cc1ccc(/C(C#N)=C/c2ccc(OCc3ccc(C(=O)O)cc3)c(Cl)c2)cc1. The second kappa shape index (κ2) is 9.09. The van der Waals surface area contributed by atoms with Gasteiger partial charge in [0.05, 0.1) is 22.2 Å². The Labute approximate surface area is 174 Å². The van der Waals surface area contributed by atoms with Gasteiger partial charge in [-0.25, -0.2) is 4.79 Å². The number of aromatic carboxylic acids is 1. The lowest BCUT2D eigenvalue weighted by molar-refractivity contribution is 0.0697. The maximum Gasteiger partial charge on any atom is 0.335 e. The van der Waals surface area contributed by atoms with Crippen LogP contribution < -0.4 is 4.74 Å². The lowest BCUT2D eigenvalue weighted by Gasteiger charge is -2.09. The Balaban J connectivity index is 1.73. The molecule has 0 aliphatic carbocycles. The molecule has 3 rings (SSSR count). The predicted molar refractivity (Wildman–Crippen MR) is 114 cm³/mol. The van der Waals surface area contributed by atoms with Gasteiger partial charge in [-0.3, -0.25) is 0 Å². The highest BCUT2D eigenvalue weighted by atomic mass is 35.5. The molecule has 0 saturated carbocycles. The zero-order chi connectivity index (χ0) is 20.8. The van der Waals surface area contributed by atoms with Gasteiger partial charge in [0.2, 0.25) is 0 Å². The number of aryl methyl sites for hydroxylation is 1. The number of rotatable bonds is 6. The van der Waals surface area contributed by atoms with Crippen LogP contribution >= 0.6 is 11.6 Å². The van der Waals surface area contributed by atoms with Crippen LogP contribution in [-0.4, -0.2) is 11.1 Å². The van der Waals surface area contributed by atoms with Crippen LogP contribution in [-0.2, 0) is 6.61 Å². The second-order valence-electron chi connectivity index (χ2n) is 6.52. The number of carbonyl (C=O) groups is 1. The molecule has 4 nitrogen and oxygen atoms in total. The van der Waals surface area contributed by atoms with E-state index in [0.29, 0.717) is 16.3 Å². The fourth-order valence-corrected chi connectivity index (χ4v) is 2.95. The van der Waals surface area contributed by atoms with Gasteiger partial charge >= 0.3 is 5.97 Å². The number of nitriles is 1. The predicted octanol–water partition coefficient (Wildman–Crippen LogP) is 5.99. The Morgan fingerprint density at radius 2 is 1.72 bits per heavy atom. The van der Waals surface area contributed by atoms with Crippen LogP contribution in [0.4, 0.5) is 0 Å². The number of nitrogens with zero attached hydrogens (tertiary/aromatic N) is 1. The molecule has 5 heteroatoms. The quantitative estimate of drug-likeness (QED) is 0.405. The average Bonchev–Trinajstić information content (AvgIpc) is 2.72. The summed E-state index contributed by atoms with van der Waals surface area (Å²) in [6.45, 7) is 2.26. The Kier molecular flexibility index (Phi) is 6.33. The molecule has 0 aromatic heterocycles. The first kappa shape index (κ1) is 20.2. The summed E-state index contributed by atoms with van der Waals surface area (Å²) < 4.78 is 5.74. The Bertz CT molecular complexity index is 1090. The van der Waals surface area contributed by atoms with Crippen molar-refractivity contribution in [2.45, 2.75) is 13.5 Å². The minimum absolute atomic E-state index is 0.227. The zero-order valence-corrected chi connectivity index (χ0v) is 16.5. The molecular weight excluding hydrogens is 386 g/mol. The summed E-state index contributed by atoms with van der Waals surface area (Å²) in [5.74, 6) is -0.452. The van der Waals surface area contributed by atoms with Crippen LogP contribution in [0.15, 0.2) is 66.7 Å². The van der Waals surface area contributed by atoms with Gasteiger partial charge in [-0.05, 0) is 54.0 Å². The highest BCUT2D eigenvalue weighted by molar-refractivity contribution is 6.32. The Hall–Kier alpha value is -3.55. The number of ether oxygens (including phenoxy) is 1. The van der Waals surface area contributed by atoms with E-state index in [1.807, 2.05) is 37.3 Å². The maximum absolute atomic E-state index is 10.9. The summed E-state index contributed by atoms with van der Waals surface area (Å²) in [4.78, 5) is 10.9. The van der Waals surface area contributed by atoms with E-state index in [4.69, 9.17) is 21.4 Å². The summed E-state index contributed by atoms with van der Waals surface area (Å²) >= 11 is 6.34. The highest BCUT2D eigenvalue weighted by Crippen LogP contribution is 2.28. The van der Waals surface area contributed by atoms with Crippen molar-refractivity contribution in [2.24, 2.45) is 0 Å². The molecule has 0 amide bonds. The van der Waals surface area contributed by atoms with E-state index in [2.05, 4.69) is 6.07 Å². The van der Waals surface area contributed by atoms with Crippen LogP contribution in [0, 0.1) is 18.3 Å². The fraction of sp³-hybridized carbons (Fsp3) is 0.0833. The molecule has 0 spiro atoms. The number of benzene rings is 3. The zero-order valence-electron chi connectivity index (χ0n) is 15.7. The molecule has 0 radical (unpaired) electrons. The van der Waals surface area contributed by atoms with Crippen molar-refractivity contribution in [3.05, 3.63) is 99.6 Å². The first-order valence-corrected chi connectivity index (χ1v) is 9.27. The van der Waals surface area contributed by atoms with Gasteiger partial charge in [-0.1, -0.05) is 59.6 Å².